The van der Waals surface area contributed by atoms with E-state index in [2.05, 4.69) is 29.2 Å². The number of nitrogens with zero attached hydrogens (tertiary/aromatic N) is 2. The molecule has 2 aliphatic rings. The summed E-state index contributed by atoms with van der Waals surface area (Å²) in [6, 6.07) is 21.0. The highest BCUT2D eigenvalue weighted by Gasteiger charge is 2.38. The minimum Gasteiger partial charge on any atom is -0.492 e. The molecule has 0 saturated carbocycles. The summed E-state index contributed by atoms with van der Waals surface area (Å²) in [7, 11) is 0. The summed E-state index contributed by atoms with van der Waals surface area (Å²) >= 11 is 0. The van der Waals surface area contributed by atoms with Gasteiger partial charge in [0.1, 0.15) is 12.4 Å². The normalized spacial score (nSPS) is 20.4. The van der Waals surface area contributed by atoms with Crippen LogP contribution in [0.2, 0.25) is 0 Å². The average molecular weight is 501 g/mol. The number of para-hydroxylation sites is 1. The van der Waals surface area contributed by atoms with Crippen molar-refractivity contribution in [2.75, 3.05) is 37.7 Å². The summed E-state index contributed by atoms with van der Waals surface area (Å²) in [6.45, 7) is 5.24. The standard InChI is InChI=1S/C30H32N2O5/c1-21-17-28(33)32(29(21)34)27-11-5-4-10-26(27)30(35)37-20-22-7-6-14-31(19-22)15-16-36-25-13-12-23-8-2-3-9-24(23)18-25/h2-5,8-13,18,21-22H,6-7,14-17,19-20H2,1H3. The fraction of sp³-hybridized carbons (Fsp3) is 0.367. The van der Waals surface area contributed by atoms with Crippen LogP contribution in [0.3, 0.4) is 0 Å². The number of ether oxygens (including phenoxy) is 2. The number of benzene rings is 3. The summed E-state index contributed by atoms with van der Waals surface area (Å²) in [5, 5.41) is 2.36. The maximum atomic E-state index is 13.0. The van der Waals surface area contributed by atoms with Crippen LogP contribution in [-0.4, -0.2) is 55.5 Å². The van der Waals surface area contributed by atoms with Crippen LogP contribution in [0.15, 0.2) is 66.7 Å². The largest absolute Gasteiger partial charge is 0.492 e. The number of imide groups is 1. The fourth-order valence-electron chi connectivity index (χ4n) is 5.19. The van der Waals surface area contributed by atoms with Gasteiger partial charge in [-0.15, -0.1) is 0 Å². The van der Waals surface area contributed by atoms with E-state index < -0.39 is 5.97 Å². The second-order valence-corrected chi connectivity index (χ2v) is 9.95. The Labute approximate surface area is 216 Å². The van der Waals surface area contributed by atoms with Gasteiger partial charge < -0.3 is 9.47 Å². The van der Waals surface area contributed by atoms with Gasteiger partial charge in [-0.25, -0.2) is 9.69 Å². The van der Waals surface area contributed by atoms with E-state index in [1.807, 2.05) is 18.2 Å². The van der Waals surface area contributed by atoms with Gasteiger partial charge in [-0.1, -0.05) is 49.4 Å². The third-order valence-electron chi connectivity index (χ3n) is 7.19. The third kappa shape index (κ3) is 5.67. The molecule has 192 valence electrons. The Bertz CT molecular complexity index is 1310. The lowest BCUT2D eigenvalue weighted by Crippen LogP contribution is -2.39. The summed E-state index contributed by atoms with van der Waals surface area (Å²) in [5.41, 5.74) is 0.553. The lowest BCUT2D eigenvalue weighted by Gasteiger charge is -2.32. The topological polar surface area (TPSA) is 76.2 Å². The van der Waals surface area contributed by atoms with Gasteiger partial charge in [0, 0.05) is 31.3 Å². The SMILES string of the molecule is CC1CC(=O)N(c2ccccc2C(=O)OCC2CCCN(CCOc3ccc4ccccc4c3)C2)C1=O. The molecule has 2 aliphatic heterocycles. The van der Waals surface area contributed by atoms with E-state index in [0.717, 1.165) is 48.5 Å². The van der Waals surface area contributed by atoms with Gasteiger partial charge in [-0.2, -0.15) is 0 Å². The Morgan fingerprint density at radius 2 is 1.78 bits per heavy atom. The molecule has 2 unspecified atom stereocenters. The highest BCUT2D eigenvalue weighted by atomic mass is 16.5. The van der Waals surface area contributed by atoms with Gasteiger partial charge in [-0.3, -0.25) is 14.5 Å². The first-order chi connectivity index (χ1) is 18.0. The molecular weight excluding hydrogens is 468 g/mol. The molecule has 2 heterocycles. The fourth-order valence-corrected chi connectivity index (χ4v) is 5.19. The molecule has 0 spiro atoms. The molecule has 5 rings (SSSR count). The van der Waals surface area contributed by atoms with Crippen LogP contribution in [0.25, 0.3) is 10.8 Å². The number of fused-ring (bicyclic) bond motifs is 1. The van der Waals surface area contributed by atoms with Crippen molar-refractivity contribution < 1.29 is 23.9 Å². The summed E-state index contributed by atoms with van der Waals surface area (Å²) in [5.74, 6) is -0.363. The smallest absolute Gasteiger partial charge is 0.340 e. The van der Waals surface area contributed by atoms with Crippen molar-refractivity contribution in [1.29, 1.82) is 0 Å². The minimum absolute atomic E-state index is 0.157. The Morgan fingerprint density at radius 3 is 2.59 bits per heavy atom. The summed E-state index contributed by atoms with van der Waals surface area (Å²) in [4.78, 5) is 41.3. The molecule has 0 aromatic heterocycles. The van der Waals surface area contributed by atoms with Crippen molar-refractivity contribution in [3.63, 3.8) is 0 Å². The number of hydrogen-bond donors (Lipinski definition) is 0. The molecule has 37 heavy (non-hydrogen) atoms. The van der Waals surface area contributed by atoms with Crippen molar-refractivity contribution in [3.05, 3.63) is 72.3 Å². The van der Waals surface area contributed by atoms with Crippen LogP contribution in [-0.2, 0) is 14.3 Å². The highest BCUT2D eigenvalue weighted by molar-refractivity contribution is 6.22. The number of carbonyl (C=O) groups excluding carboxylic acids is 3. The van der Waals surface area contributed by atoms with E-state index in [1.54, 1.807) is 31.2 Å². The number of likely N-dealkylation sites (tertiary alicyclic amines) is 1. The first kappa shape index (κ1) is 25.0. The van der Waals surface area contributed by atoms with Gasteiger partial charge >= 0.3 is 5.97 Å². The van der Waals surface area contributed by atoms with Crippen molar-refractivity contribution in [2.24, 2.45) is 11.8 Å². The molecule has 3 aromatic rings. The Balaban J connectivity index is 1.13. The van der Waals surface area contributed by atoms with Crippen LogP contribution in [0.4, 0.5) is 5.69 Å². The molecule has 3 aromatic carbocycles. The van der Waals surface area contributed by atoms with Gasteiger partial charge in [-0.05, 0) is 54.4 Å². The molecule has 7 heteroatoms. The van der Waals surface area contributed by atoms with Gasteiger partial charge in [0.25, 0.3) is 0 Å². The highest BCUT2D eigenvalue weighted by Crippen LogP contribution is 2.30. The predicted octanol–water partition coefficient (Wildman–Crippen LogP) is 4.69. The van der Waals surface area contributed by atoms with Gasteiger partial charge in [0.2, 0.25) is 11.8 Å². The third-order valence-corrected chi connectivity index (χ3v) is 7.19. The quantitative estimate of drug-likeness (QED) is 0.330. The maximum Gasteiger partial charge on any atom is 0.340 e. The summed E-state index contributed by atoms with van der Waals surface area (Å²) in [6.07, 6.45) is 2.17. The number of piperidine rings is 1. The van der Waals surface area contributed by atoms with E-state index in [0.29, 0.717) is 18.9 Å². The number of esters is 1. The lowest BCUT2D eigenvalue weighted by molar-refractivity contribution is -0.122. The van der Waals surface area contributed by atoms with Crippen LogP contribution in [0.5, 0.6) is 5.75 Å². The zero-order valence-electron chi connectivity index (χ0n) is 21.1. The second-order valence-electron chi connectivity index (χ2n) is 9.95. The average Bonchev–Trinajstić information content (AvgIpc) is 3.18. The number of carbonyl (C=O) groups is 3. The Kier molecular flexibility index (Phi) is 7.51. The predicted molar refractivity (Wildman–Crippen MR) is 142 cm³/mol. The van der Waals surface area contributed by atoms with E-state index in [-0.39, 0.29) is 35.6 Å². The van der Waals surface area contributed by atoms with E-state index in [9.17, 15) is 14.4 Å². The Morgan fingerprint density at radius 1 is 1.00 bits per heavy atom. The van der Waals surface area contributed by atoms with Crippen molar-refractivity contribution in [2.45, 2.75) is 26.2 Å². The van der Waals surface area contributed by atoms with E-state index in [4.69, 9.17) is 9.47 Å². The molecule has 0 bridgehead atoms. The second kappa shape index (κ2) is 11.1. The molecule has 2 atom stereocenters. The molecule has 0 aliphatic carbocycles. The van der Waals surface area contributed by atoms with Crippen molar-refractivity contribution in [3.8, 4) is 5.75 Å². The van der Waals surface area contributed by atoms with Crippen LogP contribution >= 0.6 is 0 Å². The number of hydrogen-bond acceptors (Lipinski definition) is 6. The van der Waals surface area contributed by atoms with Gasteiger partial charge in [0.15, 0.2) is 0 Å². The van der Waals surface area contributed by atoms with E-state index in [1.165, 1.54) is 5.39 Å². The van der Waals surface area contributed by atoms with Crippen molar-refractivity contribution >= 4 is 34.2 Å². The zero-order valence-corrected chi connectivity index (χ0v) is 21.1. The molecular formula is C30H32N2O5. The molecule has 2 saturated heterocycles. The molecule has 2 fully saturated rings. The zero-order chi connectivity index (χ0) is 25.8. The summed E-state index contributed by atoms with van der Waals surface area (Å²) < 4.78 is 11.7. The van der Waals surface area contributed by atoms with Crippen LogP contribution in [0, 0.1) is 11.8 Å². The maximum absolute atomic E-state index is 13.0. The Hall–Kier alpha value is -3.71. The molecule has 2 amide bonds. The number of anilines is 1. The number of rotatable bonds is 8. The molecule has 7 nitrogen and oxygen atoms in total. The number of amides is 2. The molecule has 0 N–H and O–H groups in total. The lowest BCUT2D eigenvalue weighted by atomic mass is 9.99. The van der Waals surface area contributed by atoms with E-state index >= 15 is 0 Å². The van der Waals surface area contributed by atoms with Crippen LogP contribution < -0.4 is 9.64 Å². The monoisotopic (exact) mass is 500 g/mol. The minimum atomic E-state index is -0.507. The van der Waals surface area contributed by atoms with Gasteiger partial charge in [0.05, 0.1) is 17.9 Å². The van der Waals surface area contributed by atoms with Crippen LogP contribution in [0.1, 0.15) is 36.5 Å². The first-order valence-electron chi connectivity index (χ1n) is 13.0. The first-order valence-corrected chi connectivity index (χ1v) is 13.0. The van der Waals surface area contributed by atoms with Crippen molar-refractivity contribution in [1.82, 2.24) is 4.90 Å². The molecule has 0 radical (unpaired) electrons.